The van der Waals surface area contributed by atoms with Gasteiger partial charge in [-0.3, -0.25) is 4.79 Å². The first-order valence-electron chi connectivity index (χ1n) is 5.73. The summed E-state index contributed by atoms with van der Waals surface area (Å²) in [6, 6.07) is 8.29. The summed E-state index contributed by atoms with van der Waals surface area (Å²) in [6.45, 7) is 0.210. The fourth-order valence-corrected chi connectivity index (χ4v) is 2.52. The van der Waals surface area contributed by atoms with Crippen molar-refractivity contribution < 1.29 is 14.3 Å². The first kappa shape index (κ1) is 12.0. The van der Waals surface area contributed by atoms with Crippen LogP contribution in [0.5, 0.6) is 11.5 Å². The quantitative estimate of drug-likeness (QED) is 0.900. The largest absolute Gasteiger partial charge is 0.454 e. The standard InChI is InChI=1S/C13H12N2O3S/c14-12(11-2-1-5-19-11)13(16)15-8-3-4-9-10(6-8)18-7-17-9/h1-6,12H,7,14H2,(H,15,16). The fourth-order valence-electron chi connectivity index (χ4n) is 1.79. The summed E-state index contributed by atoms with van der Waals surface area (Å²) < 4.78 is 10.5. The molecule has 1 amide bonds. The van der Waals surface area contributed by atoms with Crippen LogP contribution >= 0.6 is 11.3 Å². The van der Waals surface area contributed by atoms with E-state index in [2.05, 4.69) is 5.32 Å². The average Bonchev–Trinajstić information content (AvgIpc) is 3.08. The molecule has 1 aromatic carbocycles. The SMILES string of the molecule is NC(C(=O)Nc1ccc2c(c1)OCO2)c1cccs1. The Balaban J connectivity index is 1.73. The topological polar surface area (TPSA) is 73.6 Å². The lowest BCUT2D eigenvalue weighted by Gasteiger charge is -2.11. The number of thiophene rings is 1. The molecule has 1 aliphatic rings. The van der Waals surface area contributed by atoms with Crippen molar-refractivity contribution in [2.45, 2.75) is 6.04 Å². The van der Waals surface area contributed by atoms with Crippen molar-refractivity contribution in [2.24, 2.45) is 5.73 Å². The molecule has 5 nitrogen and oxygen atoms in total. The van der Waals surface area contributed by atoms with Crippen LogP contribution in [0.2, 0.25) is 0 Å². The normalized spacial score (nSPS) is 14.2. The van der Waals surface area contributed by atoms with Crippen molar-refractivity contribution in [2.75, 3.05) is 12.1 Å². The first-order chi connectivity index (χ1) is 9.24. The van der Waals surface area contributed by atoms with E-state index in [0.717, 1.165) is 4.88 Å². The van der Waals surface area contributed by atoms with Gasteiger partial charge < -0.3 is 20.5 Å². The van der Waals surface area contributed by atoms with Crippen LogP contribution in [0.1, 0.15) is 10.9 Å². The molecule has 0 radical (unpaired) electrons. The van der Waals surface area contributed by atoms with Gasteiger partial charge >= 0.3 is 0 Å². The summed E-state index contributed by atoms with van der Waals surface area (Å²) in [5, 5.41) is 4.66. The Morgan fingerprint density at radius 3 is 2.95 bits per heavy atom. The molecule has 1 unspecified atom stereocenters. The van der Waals surface area contributed by atoms with E-state index in [-0.39, 0.29) is 12.7 Å². The third-order valence-electron chi connectivity index (χ3n) is 2.77. The molecule has 0 saturated carbocycles. The second-order valence-electron chi connectivity index (χ2n) is 4.05. The van der Waals surface area contributed by atoms with Crippen molar-refractivity contribution in [3.05, 3.63) is 40.6 Å². The number of ether oxygens (including phenoxy) is 2. The third-order valence-corrected chi connectivity index (χ3v) is 3.73. The summed E-state index contributed by atoms with van der Waals surface area (Å²) in [5.74, 6) is 1.06. The molecule has 19 heavy (non-hydrogen) atoms. The van der Waals surface area contributed by atoms with Crippen molar-refractivity contribution in [1.29, 1.82) is 0 Å². The van der Waals surface area contributed by atoms with Crippen LogP contribution in [0.3, 0.4) is 0 Å². The lowest BCUT2D eigenvalue weighted by Crippen LogP contribution is -2.26. The molecule has 2 aromatic rings. The summed E-state index contributed by atoms with van der Waals surface area (Å²) >= 11 is 1.46. The number of amides is 1. The van der Waals surface area contributed by atoms with Gasteiger partial charge in [0.1, 0.15) is 6.04 Å². The number of fused-ring (bicyclic) bond motifs is 1. The average molecular weight is 276 g/mol. The number of nitrogens with one attached hydrogen (secondary N) is 1. The predicted molar refractivity (Wildman–Crippen MR) is 72.4 cm³/mol. The molecule has 3 rings (SSSR count). The summed E-state index contributed by atoms with van der Waals surface area (Å²) in [4.78, 5) is 12.8. The highest BCUT2D eigenvalue weighted by molar-refractivity contribution is 7.10. The van der Waals surface area contributed by atoms with Crippen molar-refractivity contribution >= 4 is 22.9 Å². The molecular formula is C13H12N2O3S. The van der Waals surface area contributed by atoms with Crippen LogP contribution in [0, 0.1) is 0 Å². The predicted octanol–water partition coefficient (Wildman–Crippen LogP) is 2.12. The Morgan fingerprint density at radius 1 is 1.32 bits per heavy atom. The van der Waals surface area contributed by atoms with Crippen molar-refractivity contribution in [1.82, 2.24) is 0 Å². The molecular weight excluding hydrogens is 264 g/mol. The van der Waals surface area contributed by atoms with Crippen molar-refractivity contribution in [3.8, 4) is 11.5 Å². The van der Waals surface area contributed by atoms with E-state index in [9.17, 15) is 4.79 Å². The highest BCUT2D eigenvalue weighted by Gasteiger charge is 2.18. The minimum atomic E-state index is -0.662. The number of rotatable bonds is 3. The monoisotopic (exact) mass is 276 g/mol. The second kappa shape index (κ2) is 4.91. The molecule has 6 heteroatoms. The molecule has 0 fully saturated rings. The zero-order valence-electron chi connectivity index (χ0n) is 9.96. The van der Waals surface area contributed by atoms with Crippen LogP contribution < -0.4 is 20.5 Å². The van der Waals surface area contributed by atoms with Gasteiger partial charge in [-0.25, -0.2) is 0 Å². The Kier molecular flexibility index (Phi) is 3.10. The van der Waals surface area contributed by atoms with E-state index < -0.39 is 6.04 Å². The lowest BCUT2D eigenvalue weighted by molar-refractivity contribution is -0.117. The number of nitrogens with two attached hydrogens (primary N) is 1. The van der Waals surface area contributed by atoms with Crippen LogP contribution in [0.15, 0.2) is 35.7 Å². The number of hydrogen-bond donors (Lipinski definition) is 2. The van der Waals surface area contributed by atoms with Gasteiger partial charge in [0.15, 0.2) is 11.5 Å². The van der Waals surface area contributed by atoms with E-state index in [1.165, 1.54) is 11.3 Å². The van der Waals surface area contributed by atoms with Crippen LogP contribution in [0.4, 0.5) is 5.69 Å². The maximum absolute atomic E-state index is 12.0. The highest BCUT2D eigenvalue weighted by atomic mass is 32.1. The van der Waals surface area contributed by atoms with E-state index in [0.29, 0.717) is 17.2 Å². The number of anilines is 1. The van der Waals surface area contributed by atoms with Crippen LogP contribution in [0.25, 0.3) is 0 Å². The summed E-state index contributed by atoms with van der Waals surface area (Å²) in [5.41, 5.74) is 6.53. The molecule has 1 aliphatic heterocycles. The molecule has 2 heterocycles. The van der Waals surface area contributed by atoms with Crippen LogP contribution in [-0.2, 0) is 4.79 Å². The lowest BCUT2D eigenvalue weighted by atomic mass is 10.2. The number of carbonyl (C=O) groups is 1. The summed E-state index contributed by atoms with van der Waals surface area (Å²) in [7, 11) is 0. The Morgan fingerprint density at radius 2 is 2.16 bits per heavy atom. The Hall–Kier alpha value is -2.05. The minimum absolute atomic E-state index is 0.210. The number of carbonyl (C=O) groups excluding carboxylic acids is 1. The molecule has 0 saturated heterocycles. The molecule has 1 atom stereocenters. The van der Waals surface area contributed by atoms with E-state index in [4.69, 9.17) is 15.2 Å². The number of benzene rings is 1. The van der Waals surface area contributed by atoms with Gasteiger partial charge in [0, 0.05) is 16.6 Å². The van der Waals surface area contributed by atoms with E-state index in [1.807, 2.05) is 17.5 Å². The zero-order valence-corrected chi connectivity index (χ0v) is 10.8. The third kappa shape index (κ3) is 2.40. The van der Waals surface area contributed by atoms with Crippen LogP contribution in [-0.4, -0.2) is 12.7 Å². The zero-order chi connectivity index (χ0) is 13.2. The molecule has 0 bridgehead atoms. The van der Waals surface area contributed by atoms with Gasteiger partial charge in [0.05, 0.1) is 0 Å². The fraction of sp³-hybridized carbons (Fsp3) is 0.154. The van der Waals surface area contributed by atoms with Crippen molar-refractivity contribution in [3.63, 3.8) is 0 Å². The maximum atomic E-state index is 12.0. The van der Waals surface area contributed by atoms with Gasteiger partial charge in [-0.05, 0) is 23.6 Å². The molecule has 0 spiro atoms. The van der Waals surface area contributed by atoms with E-state index in [1.54, 1.807) is 18.2 Å². The smallest absolute Gasteiger partial charge is 0.246 e. The molecule has 3 N–H and O–H groups in total. The Labute approximate surface area is 113 Å². The Bertz CT molecular complexity index is 598. The number of hydrogen-bond acceptors (Lipinski definition) is 5. The summed E-state index contributed by atoms with van der Waals surface area (Å²) in [6.07, 6.45) is 0. The van der Waals surface area contributed by atoms with Gasteiger partial charge in [-0.1, -0.05) is 6.07 Å². The highest BCUT2D eigenvalue weighted by Crippen LogP contribution is 2.34. The van der Waals surface area contributed by atoms with Gasteiger partial charge in [0.25, 0.3) is 0 Å². The van der Waals surface area contributed by atoms with Gasteiger partial charge in [0.2, 0.25) is 12.7 Å². The second-order valence-corrected chi connectivity index (χ2v) is 5.03. The van der Waals surface area contributed by atoms with Gasteiger partial charge in [-0.15, -0.1) is 11.3 Å². The minimum Gasteiger partial charge on any atom is -0.454 e. The molecule has 98 valence electrons. The first-order valence-corrected chi connectivity index (χ1v) is 6.61. The molecule has 1 aromatic heterocycles. The maximum Gasteiger partial charge on any atom is 0.246 e. The molecule has 0 aliphatic carbocycles. The van der Waals surface area contributed by atoms with Gasteiger partial charge in [-0.2, -0.15) is 0 Å². The van der Waals surface area contributed by atoms with E-state index >= 15 is 0 Å².